The maximum absolute atomic E-state index is 13.0. The summed E-state index contributed by atoms with van der Waals surface area (Å²) in [7, 11) is 1.75. The molecule has 2 amide bonds. The molecule has 3 atom stereocenters. The molecule has 25 heavy (non-hydrogen) atoms. The molecule has 4 aliphatic heterocycles. The van der Waals surface area contributed by atoms with Crippen molar-refractivity contribution in [2.45, 2.75) is 31.0 Å². The first-order valence-corrected chi connectivity index (χ1v) is 9.08. The molecule has 5 rings (SSSR count). The van der Waals surface area contributed by atoms with Gasteiger partial charge in [-0.25, -0.2) is 0 Å². The molecule has 1 N–H and O–H groups in total. The van der Waals surface area contributed by atoms with E-state index in [1.54, 1.807) is 11.9 Å². The number of hydrogen-bond donors (Lipinski definition) is 1. The lowest BCUT2D eigenvalue weighted by atomic mass is 9.84. The van der Waals surface area contributed by atoms with E-state index in [9.17, 15) is 9.59 Å². The standard InChI is InChI=1S/C19H25N3O3/c1-21-16(23)12-25-18(17(21)14-5-3-2-4-6-14)19(24)20-15-11-22-9-7-13(15)8-10-22/h2-6,13,15,17-18H,7-12H2,1H3,(H,20,24). The van der Waals surface area contributed by atoms with Gasteiger partial charge >= 0.3 is 0 Å². The molecule has 0 aromatic heterocycles. The Hall–Kier alpha value is -1.92. The Morgan fingerprint density at radius 2 is 1.92 bits per heavy atom. The molecular formula is C19H25N3O3. The summed E-state index contributed by atoms with van der Waals surface area (Å²) in [4.78, 5) is 29.1. The number of nitrogens with one attached hydrogen (secondary N) is 1. The molecule has 0 aliphatic carbocycles. The Bertz CT molecular complexity index is 643. The zero-order valence-corrected chi connectivity index (χ0v) is 14.6. The number of piperidine rings is 3. The normalized spacial score (nSPS) is 34.8. The van der Waals surface area contributed by atoms with Crippen LogP contribution in [0, 0.1) is 5.92 Å². The van der Waals surface area contributed by atoms with Gasteiger partial charge in [-0.3, -0.25) is 9.59 Å². The van der Waals surface area contributed by atoms with Gasteiger partial charge in [0.05, 0.1) is 6.04 Å². The highest BCUT2D eigenvalue weighted by Crippen LogP contribution is 2.31. The second-order valence-corrected chi connectivity index (χ2v) is 7.34. The quantitative estimate of drug-likeness (QED) is 0.882. The molecule has 1 aromatic rings. The third kappa shape index (κ3) is 3.16. The van der Waals surface area contributed by atoms with Crippen LogP contribution in [0.5, 0.6) is 0 Å². The Kier molecular flexibility index (Phi) is 4.48. The molecule has 0 saturated carbocycles. The summed E-state index contributed by atoms with van der Waals surface area (Å²) in [5.74, 6) is 0.361. The number of hydrogen-bond acceptors (Lipinski definition) is 4. The highest BCUT2D eigenvalue weighted by Gasteiger charge is 2.42. The largest absolute Gasteiger partial charge is 0.356 e. The molecule has 0 spiro atoms. The van der Waals surface area contributed by atoms with Crippen molar-refractivity contribution in [2.75, 3.05) is 33.3 Å². The molecule has 134 valence electrons. The SMILES string of the molecule is CN1C(=O)COC(C(=O)NC2CN3CCC2CC3)C1c1ccccc1. The predicted octanol–water partition coefficient (Wildman–Crippen LogP) is 0.795. The topological polar surface area (TPSA) is 61.9 Å². The van der Waals surface area contributed by atoms with Crippen molar-refractivity contribution in [3.8, 4) is 0 Å². The lowest BCUT2D eigenvalue weighted by Gasteiger charge is -2.46. The van der Waals surface area contributed by atoms with Crippen LogP contribution in [0.4, 0.5) is 0 Å². The molecule has 4 heterocycles. The number of carbonyl (C=O) groups excluding carboxylic acids is 2. The Morgan fingerprint density at radius 3 is 2.56 bits per heavy atom. The summed E-state index contributed by atoms with van der Waals surface area (Å²) in [5.41, 5.74) is 0.923. The Balaban J connectivity index is 1.52. The maximum atomic E-state index is 13.0. The van der Waals surface area contributed by atoms with Crippen molar-refractivity contribution < 1.29 is 14.3 Å². The van der Waals surface area contributed by atoms with Crippen LogP contribution in [0.1, 0.15) is 24.4 Å². The van der Waals surface area contributed by atoms with E-state index in [1.807, 2.05) is 30.3 Å². The van der Waals surface area contributed by atoms with E-state index >= 15 is 0 Å². The molecule has 4 fully saturated rings. The lowest BCUT2D eigenvalue weighted by molar-refractivity contribution is -0.163. The summed E-state index contributed by atoms with van der Waals surface area (Å²) >= 11 is 0. The van der Waals surface area contributed by atoms with Crippen LogP contribution in [-0.4, -0.2) is 67.0 Å². The van der Waals surface area contributed by atoms with Gasteiger partial charge in [-0.05, 0) is 37.4 Å². The number of nitrogens with zero attached hydrogens (tertiary/aromatic N) is 2. The minimum Gasteiger partial charge on any atom is -0.356 e. The van der Waals surface area contributed by atoms with E-state index < -0.39 is 6.10 Å². The van der Waals surface area contributed by atoms with E-state index in [0.717, 1.165) is 38.0 Å². The van der Waals surface area contributed by atoms with Gasteiger partial charge < -0.3 is 19.9 Å². The third-order valence-corrected chi connectivity index (χ3v) is 5.87. The van der Waals surface area contributed by atoms with Gasteiger partial charge in [-0.2, -0.15) is 0 Å². The predicted molar refractivity (Wildman–Crippen MR) is 92.8 cm³/mol. The molecule has 4 saturated heterocycles. The number of benzene rings is 1. The van der Waals surface area contributed by atoms with Gasteiger partial charge in [0.25, 0.3) is 5.91 Å². The average Bonchev–Trinajstić information content (AvgIpc) is 2.65. The number of carbonyl (C=O) groups is 2. The highest BCUT2D eigenvalue weighted by atomic mass is 16.5. The van der Waals surface area contributed by atoms with Crippen LogP contribution in [0.2, 0.25) is 0 Å². The smallest absolute Gasteiger partial charge is 0.251 e. The van der Waals surface area contributed by atoms with Gasteiger partial charge in [0, 0.05) is 19.6 Å². The molecule has 3 unspecified atom stereocenters. The second kappa shape index (κ2) is 6.77. The zero-order chi connectivity index (χ0) is 17.4. The monoisotopic (exact) mass is 343 g/mol. The number of morpholine rings is 1. The van der Waals surface area contributed by atoms with Crippen molar-refractivity contribution >= 4 is 11.8 Å². The van der Waals surface area contributed by atoms with Crippen LogP contribution < -0.4 is 5.32 Å². The summed E-state index contributed by atoms with van der Waals surface area (Å²) < 4.78 is 5.69. The van der Waals surface area contributed by atoms with Crippen LogP contribution in [0.25, 0.3) is 0 Å². The maximum Gasteiger partial charge on any atom is 0.251 e. The lowest BCUT2D eigenvalue weighted by Crippen LogP contribution is -2.60. The van der Waals surface area contributed by atoms with Crippen molar-refractivity contribution in [1.82, 2.24) is 15.1 Å². The minimum absolute atomic E-state index is 0.0435. The van der Waals surface area contributed by atoms with E-state index in [-0.39, 0.29) is 30.5 Å². The first-order chi connectivity index (χ1) is 12.1. The molecule has 6 heteroatoms. The van der Waals surface area contributed by atoms with Gasteiger partial charge in [0.2, 0.25) is 5.91 Å². The van der Waals surface area contributed by atoms with Crippen LogP contribution in [-0.2, 0) is 14.3 Å². The Labute approximate surface area is 148 Å². The molecule has 4 aliphatic rings. The fourth-order valence-corrected chi connectivity index (χ4v) is 4.37. The van der Waals surface area contributed by atoms with Crippen molar-refractivity contribution in [3.05, 3.63) is 35.9 Å². The molecule has 6 nitrogen and oxygen atoms in total. The van der Waals surface area contributed by atoms with Crippen molar-refractivity contribution in [1.29, 1.82) is 0 Å². The summed E-state index contributed by atoms with van der Waals surface area (Å²) in [6, 6.07) is 9.46. The van der Waals surface area contributed by atoms with Gasteiger partial charge in [0.1, 0.15) is 6.61 Å². The summed E-state index contributed by atoms with van der Waals surface area (Å²) in [6.45, 7) is 3.16. The number of ether oxygens (including phenoxy) is 1. The van der Waals surface area contributed by atoms with E-state index in [2.05, 4.69) is 10.2 Å². The summed E-state index contributed by atoms with van der Waals surface area (Å²) in [6.07, 6.45) is 1.63. The molecular weight excluding hydrogens is 318 g/mol. The molecule has 2 bridgehead atoms. The number of fused-ring (bicyclic) bond motifs is 3. The van der Waals surface area contributed by atoms with Gasteiger partial charge in [-0.1, -0.05) is 30.3 Å². The number of amides is 2. The molecule has 1 aromatic carbocycles. The van der Waals surface area contributed by atoms with Crippen LogP contribution in [0.15, 0.2) is 30.3 Å². The first kappa shape index (κ1) is 16.5. The minimum atomic E-state index is -0.666. The Morgan fingerprint density at radius 1 is 1.20 bits per heavy atom. The van der Waals surface area contributed by atoms with Crippen LogP contribution in [0.3, 0.4) is 0 Å². The third-order valence-electron chi connectivity index (χ3n) is 5.87. The van der Waals surface area contributed by atoms with Crippen molar-refractivity contribution in [3.63, 3.8) is 0 Å². The van der Waals surface area contributed by atoms with E-state index in [4.69, 9.17) is 4.74 Å². The van der Waals surface area contributed by atoms with Gasteiger partial charge in [0.15, 0.2) is 6.10 Å². The summed E-state index contributed by atoms with van der Waals surface area (Å²) in [5, 5.41) is 3.21. The van der Waals surface area contributed by atoms with E-state index in [0.29, 0.717) is 5.92 Å². The molecule has 0 radical (unpaired) electrons. The van der Waals surface area contributed by atoms with E-state index in [1.165, 1.54) is 0 Å². The van der Waals surface area contributed by atoms with Gasteiger partial charge in [-0.15, -0.1) is 0 Å². The van der Waals surface area contributed by atoms with Crippen molar-refractivity contribution in [2.24, 2.45) is 5.92 Å². The number of likely N-dealkylation sites (N-methyl/N-ethyl adjacent to an activating group) is 1. The fraction of sp³-hybridized carbons (Fsp3) is 0.579. The zero-order valence-electron chi connectivity index (χ0n) is 14.6. The number of rotatable bonds is 3. The average molecular weight is 343 g/mol. The fourth-order valence-electron chi connectivity index (χ4n) is 4.37. The highest BCUT2D eigenvalue weighted by molar-refractivity contribution is 5.86. The van der Waals surface area contributed by atoms with Crippen LogP contribution >= 0.6 is 0 Å². The second-order valence-electron chi connectivity index (χ2n) is 7.34. The first-order valence-electron chi connectivity index (χ1n) is 9.08.